The first kappa shape index (κ1) is 16.4. The molecule has 1 aliphatic rings. The Labute approximate surface area is 145 Å². The molecule has 0 aliphatic carbocycles. The van der Waals surface area contributed by atoms with Gasteiger partial charge >= 0.3 is 0 Å². The number of nitrogens with zero attached hydrogens (tertiary/aromatic N) is 2. The monoisotopic (exact) mass is 400 g/mol. The van der Waals surface area contributed by atoms with E-state index in [2.05, 4.69) is 26.1 Å². The Morgan fingerprint density at radius 2 is 1.96 bits per heavy atom. The molecule has 1 aromatic carbocycles. The molecule has 0 amide bonds. The Balaban J connectivity index is 1.67. The molecule has 6 nitrogen and oxygen atoms in total. The van der Waals surface area contributed by atoms with Gasteiger partial charge in [-0.05, 0) is 24.1 Å². The molecule has 2 aromatic rings. The molecule has 124 valence electrons. The van der Waals surface area contributed by atoms with E-state index in [9.17, 15) is 4.21 Å². The van der Waals surface area contributed by atoms with Crippen molar-refractivity contribution in [1.82, 2.24) is 10.1 Å². The second-order valence-corrected chi connectivity index (χ2v) is 7.48. The standard InChI is InChI=1S/C15H17BrN2O4S/c1-2-3-15-17-14(18-22-15)9-23(19)8-10-6-12-13(7-11(10)16)21-5-4-20-12/h6-7H,2-5,8-9H2,1H3. The number of ether oxygens (including phenoxy) is 2. The predicted molar refractivity (Wildman–Crippen MR) is 89.0 cm³/mol. The van der Waals surface area contributed by atoms with Gasteiger partial charge in [0.2, 0.25) is 5.89 Å². The summed E-state index contributed by atoms with van der Waals surface area (Å²) in [6, 6.07) is 3.73. The van der Waals surface area contributed by atoms with E-state index in [1.54, 1.807) is 0 Å². The SMILES string of the molecule is CCCc1nc(CS(=O)Cc2cc3c(cc2Br)OCCO3)no1. The van der Waals surface area contributed by atoms with Crippen molar-refractivity contribution < 1.29 is 18.2 Å². The number of fused-ring (bicyclic) bond motifs is 1. The van der Waals surface area contributed by atoms with Crippen LogP contribution >= 0.6 is 15.9 Å². The van der Waals surface area contributed by atoms with E-state index in [1.807, 2.05) is 19.1 Å². The number of benzene rings is 1. The highest BCUT2D eigenvalue weighted by Crippen LogP contribution is 2.36. The minimum atomic E-state index is -1.14. The lowest BCUT2D eigenvalue weighted by Gasteiger charge is -2.19. The average Bonchev–Trinajstić information content (AvgIpc) is 2.95. The summed E-state index contributed by atoms with van der Waals surface area (Å²) >= 11 is 3.49. The summed E-state index contributed by atoms with van der Waals surface area (Å²) in [6.45, 7) is 3.12. The van der Waals surface area contributed by atoms with Gasteiger partial charge in [0.05, 0.1) is 11.5 Å². The summed E-state index contributed by atoms with van der Waals surface area (Å²) in [5.41, 5.74) is 0.907. The first-order valence-electron chi connectivity index (χ1n) is 7.40. The second-order valence-electron chi connectivity index (χ2n) is 5.17. The Hall–Kier alpha value is -1.41. The lowest BCUT2D eigenvalue weighted by Crippen LogP contribution is -2.15. The smallest absolute Gasteiger partial charge is 0.226 e. The average molecular weight is 401 g/mol. The van der Waals surface area contributed by atoms with E-state index in [-0.39, 0.29) is 5.75 Å². The van der Waals surface area contributed by atoms with E-state index < -0.39 is 10.8 Å². The molecule has 1 aliphatic heterocycles. The van der Waals surface area contributed by atoms with Crippen molar-refractivity contribution in [2.45, 2.75) is 31.3 Å². The molecule has 0 N–H and O–H groups in total. The fraction of sp³-hybridized carbons (Fsp3) is 0.467. The third-order valence-corrected chi connectivity index (χ3v) is 5.24. The van der Waals surface area contributed by atoms with Gasteiger partial charge in [0, 0.05) is 21.7 Å². The normalized spacial score (nSPS) is 14.7. The van der Waals surface area contributed by atoms with E-state index in [4.69, 9.17) is 14.0 Å². The number of aromatic nitrogens is 2. The van der Waals surface area contributed by atoms with Crippen molar-refractivity contribution in [3.63, 3.8) is 0 Å². The molecule has 8 heteroatoms. The van der Waals surface area contributed by atoms with Gasteiger partial charge in [-0.2, -0.15) is 4.98 Å². The van der Waals surface area contributed by atoms with Crippen LogP contribution in [-0.4, -0.2) is 27.6 Å². The van der Waals surface area contributed by atoms with E-state index >= 15 is 0 Å². The molecule has 1 unspecified atom stereocenters. The van der Waals surface area contributed by atoms with Crippen molar-refractivity contribution in [2.75, 3.05) is 13.2 Å². The highest BCUT2D eigenvalue weighted by molar-refractivity contribution is 9.10. The van der Waals surface area contributed by atoms with Crippen LogP contribution in [0.4, 0.5) is 0 Å². The van der Waals surface area contributed by atoms with Crippen LogP contribution in [0.1, 0.15) is 30.6 Å². The molecule has 0 saturated carbocycles. The summed E-state index contributed by atoms with van der Waals surface area (Å²) in [5, 5.41) is 3.87. The van der Waals surface area contributed by atoms with Crippen molar-refractivity contribution >= 4 is 26.7 Å². The summed E-state index contributed by atoms with van der Waals surface area (Å²) in [6.07, 6.45) is 1.68. The minimum absolute atomic E-state index is 0.272. The fourth-order valence-electron chi connectivity index (χ4n) is 2.25. The molecule has 1 atom stereocenters. The van der Waals surface area contributed by atoms with Gasteiger partial charge in [-0.3, -0.25) is 4.21 Å². The minimum Gasteiger partial charge on any atom is -0.486 e. The molecule has 0 fully saturated rings. The lowest BCUT2D eigenvalue weighted by atomic mass is 10.2. The number of halogens is 1. The third-order valence-electron chi connectivity index (χ3n) is 3.29. The first-order valence-corrected chi connectivity index (χ1v) is 9.68. The van der Waals surface area contributed by atoms with Gasteiger partial charge in [-0.25, -0.2) is 0 Å². The first-order chi connectivity index (χ1) is 11.2. The molecule has 2 heterocycles. The summed E-state index contributed by atoms with van der Waals surface area (Å²) in [4.78, 5) is 4.25. The third kappa shape index (κ3) is 4.11. The maximum absolute atomic E-state index is 12.4. The van der Waals surface area contributed by atoms with Gasteiger partial charge in [-0.1, -0.05) is 28.0 Å². The van der Waals surface area contributed by atoms with Crippen molar-refractivity contribution in [3.05, 3.63) is 33.9 Å². The summed E-state index contributed by atoms with van der Waals surface area (Å²) in [5.74, 6) is 3.14. The Kier molecular flexibility index (Phi) is 5.32. The lowest BCUT2D eigenvalue weighted by molar-refractivity contribution is 0.171. The zero-order chi connectivity index (χ0) is 16.2. The maximum atomic E-state index is 12.4. The van der Waals surface area contributed by atoms with Crippen LogP contribution in [0.5, 0.6) is 11.5 Å². The van der Waals surface area contributed by atoms with Crippen LogP contribution in [0.3, 0.4) is 0 Å². The molecule has 0 radical (unpaired) electrons. The topological polar surface area (TPSA) is 74.5 Å². The van der Waals surface area contributed by atoms with Crippen molar-refractivity contribution in [3.8, 4) is 11.5 Å². The van der Waals surface area contributed by atoms with Gasteiger partial charge in [0.1, 0.15) is 13.2 Å². The van der Waals surface area contributed by atoms with Gasteiger partial charge < -0.3 is 14.0 Å². The molecule has 0 saturated heterocycles. The van der Waals surface area contributed by atoms with Crippen LogP contribution < -0.4 is 9.47 Å². The molecule has 0 spiro atoms. The second kappa shape index (κ2) is 7.44. The van der Waals surface area contributed by atoms with Crippen LogP contribution in [0.2, 0.25) is 0 Å². The molecular formula is C15H17BrN2O4S. The Morgan fingerprint density at radius 3 is 2.70 bits per heavy atom. The maximum Gasteiger partial charge on any atom is 0.226 e. The molecule has 1 aromatic heterocycles. The van der Waals surface area contributed by atoms with Gasteiger partial charge in [-0.15, -0.1) is 0 Å². The van der Waals surface area contributed by atoms with Crippen LogP contribution in [0.15, 0.2) is 21.1 Å². The molecule has 3 rings (SSSR count). The fourth-order valence-corrected chi connectivity index (χ4v) is 3.99. The number of rotatable bonds is 6. The van der Waals surface area contributed by atoms with E-state index in [0.717, 1.165) is 22.9 Å². The molecular weight excluding hydrogens is 384 g/mol. The highest BCUT2D eigenvalue weighted by atomic mass is 79.9. The number of hydrogen-bond acceptors (Lipinski definition) is 6. The molecule has 0 bridgehead atoms. The molecule has 23 heavy (non-hydrogen) atoms. The highest BCUT2D eigenvalue weighted by Gasteiger charge is 2.17. The zero-order valence-corrected chi connectivity index (χ0v) is 15.1. The largest absolute Gasteiger partial charge is 0.486 e. The van der Waals surface area contributed by atoms with E-state index in [0.29, 0.717) is 42.2 Å². The van der Waals surface area contributed by atoms with Gasteiger partial charge in [0.25, 0.3) is 0 Å². The Bertz CT molecular complexity index is 719. The van der Waals surface area contributed by atoms with Crippen LogP contribution in [0, 0.1) is 0 Å². The predicted octanol–water partition coefficient (Wildman–Crippen LogP) is 3.00. The van der Waals surface area contributed by atoms with Crippen LogP contribution in [0.25, 0.3) is 0 Å². The van der Waals surface area contributed by atoms with Crippen LogP contribution in [-0.2, 0) is 28.7 Å². The number of aryl methyl sites for hydroxylation is 1. The van der Waals surface area contributed by atoms with Crippen molar-refractivity contribution in [1.29, 1.82) is 0 Å². The summed E-state index contributed by atoms with van der Waals surface area (Å²) in [7, 11) is -1.14. The Morgan fingerprint density at radius 1 is 1.22 bits per heavy atom. The number of hydrogen-bond donors (Lipinski definition) is 0. The van der Waals surface area contributed by atoms with Gasteiger partial charge in [0.15, 0.2) is 17.3 Å². The quantitative estimate of drug-likeness (QED) is 0.741. The van der Waals surface area contributed by atoms with E-state index in [1.165, 1.54) is 0 Å². The summed E-state index contributed by atoms with van der Waals surface area (Å²) < 4.78 is 29.4. The zero-order valence-electron chi connectivity index (χ0n) is 12.7. The van der Waals surface area contributed by atoms with Crippen molar-refractivity contribution in [2.24, 2.45) is 0 Å².